The average molecular weight is 453 g/mol. The van der Waals surface area contributed by atoms with Gasteiger partial charge in [0.05, 0.1) is 10.6 Å². The highest BCUT2D eigenvalue weighted by atomic mass is 32.2. The second-order valence-electron chi connectivity index (χ2n) is 8.62. The van der Waals surface area contributed by atoms with Gasteiger partial charge < -0.3 is 4.90 Å². The van der Waals surface area contributed by atoms with Crippen LogP contribution in [0.3, 0.4) is 0 Å². The van der Waals surface area contributed by atoms with Gasteiger partial charge in [-0.3, -0.25) is 0 Å². The van der Waals surface area contributed by atoms with Crippen molar-refractivity contribution in [2.75, 3.05) is 31.1 Å². The van der Waals surface area contributed by atoms with E-state index in [1.165, 1.54) is 17.5 Å². The molecule has 32 heavy (non-hydrogen) atoms. The molecule has 2 aromatic heterocycles. The van der Waals surface area contributed by atoms with Crippen molar-refractivity contribution in [2.45, 2.75) is 44.4 Å². The first-order valence-electron chi connectivity index (χ1n) is 11.2. The fourth-order valence-corrected chi connectivity index (χ4v) is 6.11. The number of hydrogen-bond acceptors (Lipinski definition) is 6. The number of anilines is 1. The van der Waals surface area contributed by atoms with E-state index in [2.05, 4.69) is 20.2 Å². The lowest BCUT2D eigenvalue weighted by Gasteiger charge is -2.34. The molecule has 0 radical (unpaired) electrons. The number of benzene rings is 1. The summed E-state index contributed by atoms with van der Waals surface area (Å²) < 4.78 is 29.8. The molecule has 168 valence electrons. The average Bonchev–Trinajstić information content (AvgIpc) is 3.16. The van der Waals surface area contributed by atoms with Gasteiger partial charge in [-0.1, -0.05) is 6.07 Å². The zero-order valence-electron chi connectivity index (χ0n) is 18.5. The van der Waals surface area contributed by atoms with E-state index in [9.17, 15) is 8.42 Å². The lowest BCUT2D eigenvalue weighted by atomic mass is 9.92. The number of piperazine rings is 1. The highest BCUT2D eigenvalue weighted by molar-refractivity contribution is 7.89. The molecule has 1 aliphatic carbocycles. The summed E-state index contributed by atoms with van der Waals surface area (Å²) in [6.45, 7) is 5.96. The Bertz CT molecular complexity index is 1230. The predicted molar refractivity (Wildman–Crippen MR) is 123 cm³/mol. The fourth-order valence-electron chi connectivity index (χ4n) is 4.64. The molecule has 3 aromatic rings. The Labute approximate surface area is 188 Å². The van der Waals surface area contributed by atoms with Crippen molar-refractivity contribution in [1.29, 1.82) is 0 Å². The Kier molecular flexibility index (Phi) is 5.46. The first-order chi connectivity index (χ1) is 15.4. The molecular weight excluding hydrogens is 424 g/mol. The molecule has 0 atom stereocenters. The van der Waals surface area contributed by atoms with Crippen LogP contribution in [0.4, 0.5) is 5.82 Å². The van der Waals surface area contributed by atoms with E-state index in [0.717, 1.165) is 36.5 Å². The third-order valence-electron chi connectivity index (χ3n) is 6.38. The molecule has 0 bridgehead atoms. The van der Waals surface area contributed by atoms with Crippen molar-refractivity contribution in [3.8, 4) is 5.82 Å². The molecule has 8 nitrogen and oxygen atoms in total. The molecule has 0 unspecified atom stereocenters. The van der Waals surface area contributed by atoms with E-state index >= 15 is 0 Å². The lowest BCUT2D eigenvalue weighted by Crippen LogP contribution is -2.49. The van der Waals surface area contributed by atoms with Gasteiger partial charge in [-0.05, 0) is 81.0 Å². The van der Waals surface area contributed by atoms with Crippen LogP contribution in [0.25, 0.3) is 5.82 Å². The highest BCUT2D eigenvalue weighted by Crippen LogP contribution is 2.26. The Balaban J connectivity index is 1.27. The summed E-state index contributed by atoms with van der Waals surface area (Å²) in [5, 5.41) is 13.1. The number of nitrogens with zero attached hydrogens (tertiary/aromatic N) is 6. The topological polar surface area (TPSA) is 84.2 Å². The third-order valence-corrected chi connectivity index (χ3v) is 8.28. The summed E-state index contributed by atoms with van der Waals surface area (Å²) in [7, 11) is -3.49. The fraction of sp³-hybridized carbons (Fsp3) is 0.435. The Morgan fingerprint density at radius 3 is 2.16 bits per heavy atom. The molecule has 3 heterocycles. The quantitative estimate of drug-likeness (QED) is 0.605. The maximum atomic E-state index is 13.2. The van der Waals surface area contributed by atoms with Gasteiger partial charge in [0.15, 0.2) is 11.6 Å². The summed E-state index contributed by atoms with van der Waals surface area (Å²) in [5.41, 5.74) is 4.42. The maximum absolute atomic E-state index is 13.2. The van der Waals surface area contributed by atoms with Crippen LogP contribution in [0.15, 0.2) is 41.3 Å². The number of sulfonamides is 1. The zero-order chi connectivity index (χ0) is 22.3. The van der Waals surface area contributed by atoms with Crippen LogP contribution >= 0.6 is 0 Å². The van der Waals surface area contributed by atoms with Gasteiger partial charge in [-0.25, -0.2) is 13.1 Å². The number of rotatable bonds is 4. The Hall–Kier alpha value is -2.78. The largest absolute Gasteiger partial charge is 0.352 e. The van der Waals surface area contributed by atoms with Gasteiger partial charge in [0, 0.05) is 31.9 Å². The van der Waals surface area contributed by atoms with E-state index in [1.54, 1.807) is 15.1 Å². The standard InChI is InChI=1S/C23H28N6O2S/c1-17-15-18(2)29(26-17)23-10-9-22(24-25-23)27-11-13-28(14-12-27)32(30,31)21-8-7-19-5-3-4-6-20(19)16-21/h7-10,15-16H,3-6,11-14H2,1-2H3. The van der Waals surface area contributed by atoms with E-state index in [1.807, 2.05) is 44.2 Å². The minimum absolute atomic E-state index is 0.417. The minimum atomic E-state index is -3.49. The van der Waals surface area contributed by atoms with Crippen LogP contribution in [-0.4, -0.2) is 58.9 Å². The van der Waals surface area contributed by atoms with E-state index in [-0.39, 0.29) is 0 Å². The molecule has 1 fully saturated rings. The monoisotopic (exact) mass is 452 g/mol. The molecular formula is C23H28N6O2S. The molecule has 1 saturated heterocycles. The van der Waals surface area contributed by atoms with Gasteiger partial charge in [-0.2, -0.15) is 9.40 Å². The summed E-state index contributed by atoms with van der Waals surface area (Å²) in [6, 6.07) is 11.5. The van der Waals surface area contributed by atoms with E-state index in [4.69, 9.17) is 0 Å². The van der Waals surface area contributed by atoms with Crippen molar-refractivity contribution < 1.29 is 8.42 Å². The molecule has 0 spiro atoms. The second-order valence-corrected chi connectivity index (χ2v) is 10.6. The first kappa shape index (κ1) is 21.1. The zero-order valence-corrected chi connectivity index (χ0v) is 19.3. The number of aryl methyl sites for hydroxylation is 4. The highest BCUT2D eigenvalue weighted by Gasteiger charge is 2.29. The number of fused-ring (bicyclic) bond motifs is 1. The van der Waals surface area contributed by atoms with Crippen molar-refractivity contribution in [1.82, 2.24) is 24.3 Å². The number of aromatic nitrogens is 4. The lowest BCUT2D eigenvalue weighted by molar-refractivity contribution is 0.383. The molecule has 9 heteroatoms. The normalized spacial score (nSPS) is 17.4. The summed E-state index contributed by atoms with van der Waals surface area (Å²) in [5.74, 6) is 1.43. The third kappa shape index (κ3) is 3.91. The molecule has 2 aliphatic rings. The Morgan fingerprint density at radius 1 is 0.812 bits per heavy atom. The second kappa shape index (κ2) is 8.29. The first-order valence-corrected chi connectivity index (χ1v) is 12.6. The van der Waals surface area contributed by atoms with Gasteiger partial charge in [-0.15, -0.1) is 10.2 Å². The maximum Gasteiger partial charge on any atom is 0.243 e. The SMILES string of the molecule is Cc1cc(C)n(-c2ccc(N3CCN(S(=O)(=O)c4ccc5c(c4)CCCC5)CC3)nn2)n1. The van der Waals surface area contributed by atoms with Crippen LogP contribution < -0.4 is 4.90 Å². The summed E-state index contributed by atoms with van der Waals surface area (Å²) >= 11 is 0. The van der Waals surface area contributed by atoms with Crippen LogP contribution in [0.2, 0.25) is 0 Å². The van der Waals surface area contributed by atoms with Crippen molar-refractivity contribution in [3.63, 3.8) is 0 Å². The summed E-state index contributed by atoms with van der Waals surface area (Å²) in [6.07, 6.45) is 4.34. The van der Waals surface area contributed by atoms with Crippen LogP contribution in [0.1, 0.15) is 35.4 Å². The molecule has 1 aromatic carbocycles. The van der Waals surface area contributed by atoms with Crippen LogP contribution in [-0.2, 0) is 22.9 Å². The van der Waals surface area contributed by atoms with Crippen molar-refractivity contribution >= 4 is 15.8 Å². The minimum Gasteiger partial charge on any atom is -0.352 e. The smallest absolute Gasteiger partial charge is 0.243 e. The van der Waals surface area contributed by atoms with Gasteiger partial charge >= 0.3 is 0 Å². The van der Waals surface area contributed by atoms with E-state index < -0.39 is 10.0 Å². The van der Waals surface area contributed by atoms with Crippen molar-refractivity contribution in [3.05, 3.63) is 58.9 Å². The van der Waals surface area contributed by atoms with Gasteiger partial charge in [0.2, 0.25) is 10.0 Å². The van der Waals surface area contributed by atoms with Gasteiger partial charge in [0.25, 0.3) is 0 Å². The van der Waals surface area contributed by atoms with Crippen LogP contribution in [0, 0.1) is 13.8 Å². The predicted octanol–water partition coefficient (Wildman–Crippen LogP) is 2.67. The number of hydrogen-bond donors (Lipinski definition) is 0. The molecule has 0 saturated carbocycles. The van der Waals surface area contributed by atoms with Crippen LogP contribution in [0.5, 0.6) is 0 Å². The van der Waals surface area contributed by atoms with Crippen molar-refractivity contribution in [2.24, 2.45) is 0 Å². The Morgan fingerprint density at radius 2 is 1.50 bits per heavy atom. The molecule has 5 rings (SSSR count). The summed E-state index contributed by atoms with van der Waals surface area (Å²) in [4.78, 5) is 2.50. The molecule has 0 amide bonds. The molecule has 0 N–H and O–H groups in total. The van der Waals surface area contributed by atoms with E-state index in [0.29, 0.717) is 36.9 Å². The van der Waals surface area contributed by atoms with Gasteiger partial charge in [0.1, 0.15) is 0 Å². The molecule has 1 aliphatic heterocycles.